The summed E-state index contributed by atoms with van der Waals surface area (Å²) >= 11 is 0. The molecule has 1 N–H and O–H groups in total. The number of nitrogens with one attached hydrogen (secondary N) is 1. The second kappa shape index (κ2) is 6.24. The van der Waals surface area contributed by atoms with Gasteiger partial charge >= 0.3 is 0 Å². The van der Waals surface area contributed by atoms with E-state index in [1.54, 1.807) is 18.3 Å². The van der Waals surface area contributed by atoms with E-state index < -0.39 is 0 Å². The molecule has 0 radical (unpaired) electrons. The van der Waals surface area contributed by atoms with Crippen LogP contribution in [0, 0.1) is 0 Å². The average molecular weight is 312 g/mol. The van der Waals surface area contributed by atoms with Gasteiger partial charge in [-0.2, -0.15) is 0 Å². The highest BCUT2D eigenvalue weighted by Gasteiger charge is 2.31. The number of pyridine rings is 2. The number of H-pyrrole nitrogens is 1. The van der Waals surface area contributed by atoms with E-state index in [-0.39, 0.29) is 17.5 Å². The molecule has 6 nitrogen and oxygen atoms in total. The summed E-state index contributed by atoms with van der Waals surface area (Å²) < 4.78 is 0. The monoisotopic (exact) mass is 312 g/mol. The molecule has 1 atom stereocenters. The van der Waals surface area contributed by atoms with Gasteiger partial charge in [-0.05, 0) is 36.6 Å². The summed E-state index contributed by atoms with van der Waals surface area (Å²) in [6.45, 7) is 0.694. The average Bonchev–Trinajstić information content (AvgIpc) is 3.04. The third-order valence-electron chi connectivity index (χ3n) is 4.12. The Morgan fingerprint density at radius 3 is 2.91 bits per heavy atom. The molecule has 1 aliphatic rings. The van der Waals surface area contributed by atoms with Crippen molar-refractivity contribution in [3.05, 3.63) is 58.1 Å². The van der Waals surface area contributed by atoms with Crippen molar-refractivity contribution in [3.63, 3.8) is 0 Å². The quantitative estimate of drug-likeness (QED) is 0.938. The number of carbonyl (C=O) groups excluding carboxylic acids is 1. The first kappa shape index (κ1) is 15.3. The van der Waals surface area contributed by atoms with Crippen molar-refractivity contribution in [1.29, 1.82) is 0 Å². The van der Waals surface area contributed by atoms with E-state index in [1.807, 2.05) is 36.0 Å². The van der Waals surface area contributed by atoms with E-state index in [0.717, 1.165) is 24.2 Å². The van der Waals surface area contributed by atoms with Crippen molar-refractivity contribution < 1.29 is 4.79 Å². The topological polar surface area (TPSA) is 69.3 Å². The van der Waals surface area contributed by atoms with Gasteiger partial charge in [-0.25, -0.2) is 4.98 Å². The van der Waals surface area contributed by atoms with Crippen molar-refractivity contribution >= 4 is 11.7 Å². The van der Waals surface area contributed by atoms with E-state index in [0.29, 0.717) is 12.2 Å². The van der Waals surface area contributed by atoms with E-state index in [4.69, 9.17) is 0 Å². The third kappa shape index (κ3) is 3.11. The molecule has 3 rings (SSSR count). The molecule has 2 aromatic heterocycles. The van der Waals surface area contributed by atoms with Crippen LogP contribution in [-0.4, -0.2) is 41.4 Å². The number of carbonyl (C=O) groups is 1. The molecule has 1 amide bonds. The Balaban J connectivity index is 1.90. The van der Waals surface area contributed by atoms with Crippen molar-refractivity contribution in [3.8, 4) is 0 Å². The molecule has 120 valence electrons. The van der Waals surface area contributed by atoms with Crippen LogP contribution < -0.4 is 10.5 Å². The van der Waals surface area contributed by atoms with Gasteiger partial charge in [0, 0.05) is 32.9 Å². The highest BCUT2D eigenvalue weighted by atomic mass is 16.2. The van der Waals surface area contributed by atoms with Crippen LogP contribution in [0.25, 0.3) is 0 Å². The zero-order valence-corrected chi connectivity index (χ0v) is 13.3. The lowest BCUT2D eigenvalue weighted by molar-refractivity contribution is 0.0729. The fourth-order valence-electron chi connectivity index (χ4n) is 2.97. The Morgan fingerprint density at radius 1 is 1.35 bits per heavy atom. The Labute approximate surface area is 134 Å². The summed E-state index contributed by atoms with van der Waals surface area (Å²) in [5.41, 5.74) is 1.16. The Morgan fingerprint density at radius 2 is 2.17 bits per heavy atom. The van der Waals surface area contributed by atoms with Gasteiger partial charge in [-0.1, -0.05) is 6.07 Å². The van der Waals surface area contributed by atoms with Gasteiger partial charge in [0.2, 0.25) is 5.56 Å². The predicted molar refractivity (Wildman–Crippen MR) is 88.6 cm³/mol. The number of aromatic amines is 1. The van der Waals surface area contributed by atoms with Gasteiger partial charge in [-0.15, -0.1) is 0 Å². The first-order chi connectivity index (χ1) is 11.1. The molecule has 0 bridgehead atoms. The lowest BCUT2D eigenvalue weighted by Gasteiger charge is -2.25. The summed E-state index contributed by atoms with van der Waals surface area (Å²) in [5.74, 6) is 0.739. The van der Waals surface area contributed by atoms with Crippen LogP contribution in [0.1, 0.15) is 34.9 Å². The molecular formula is C17H20N4O2. The number of nitrogens with zero attached hydrogens (tertiary/aromatic N) is 3. The van der Waals surface area contributed by atoms with Crippen LogP contribution in [0.2, 0.25) is 0 Å². The first-order valence-corrected chi connectivity index (χ1v) is 7.70. The van der Waals surface area contributed by atoms with Crippen LogP contribution in [0.15, 0.2) is 41.3 Å². The van der Waals surface area contributed by atoms with E-state index in [1.165, 1.54) is 6.07 Å². The standard InChI is InChI=1S/C17H20N4O2/c1-20(2)15-11-12(8-9-18-15)14-6-4-10-21(14)17(23)13-5-3-7-16(22)19-13/h3,5,7-9,11,14H,4,6,10H2,1-2H3,(H,19,22)/t14-/m0/s1. The molecule has 23 heavy (non-hydrogen) atoms. The highest BCUT2D eigenvalue weighted by Crippen LogP contribution is 2.33. The Bertz CT molecular complexity index is 769. The molecule has 0 aromatic carbocycles. The van der Waals surface area contributed by atoms with Crippen molar-refractivity contribution in [2.75, 3.05) is 25.5 Å². The third-order valence-corrected chi connectivity index (χ3v) is 4.12. The molecule has 1 fully saturated rings. The highest BCUT2D eigenvalue weighted by molar-refractivity contribution is 5.92. The maximum atomic E-state index is 12.7. The van der Waals surface area contributed by atoms with Gasteiger partial charge in [0.15, 0.2) is 0 Å². The number of rotatable bonds is 3. The van der Waals surface area contributed by atoms with Crippen LogP contribution in [0.4, 0.5) is 5.82 Å². The largest absolute Gasteiger partial charge is 0.363 e. The van der Waals surface area contributed by atoms with E-state index >= 15 is 0 Å². The van der Waals surface area contributed by atoms with Crippen LogP contribution in [0.3, 0.4) is 0 Å². The maximum Gasteiger partial charge on any atom is 0.270 e. The molecule has 1 aliphatic heterocycles. The molecule has 0 unspecified atom stereocenters. The molecule has 3 heterocycles. The molecule has 1 saturated heterocycles. The van der Waals surface area contributed by atoms with Gasteiger partial charge in [0.1, 0.15) is 11.5 Å². The van der Waals surface area contributed by atoms with Gasteiger partial charge in [0.05, 0.1) is 6.04 Å². The smallest absolute Gasteiger partial charge is 0.270 e. The minimum atomic E-state index is -0.259. The zero-order chi connectivity index (χ0) is 16.4. The lowest BCUT2D eigenvalue weighted by atomic mass is 10.1. The van der Waals surface area contributed by atoms with Gasteiger partial charge < -0.3 is 14.8 Å². The number of amides is 1. The second-order valence-electron chi connectivity index (χ2n) is 5.93. The summed E-state index contributed by atoms with van der Waals surface area (Å²) in [5, 5.41) is 0. The number of hydrogen-bond acceptors (Lipinski definition) is 4. The number of hydrogen-bond donors (Lipinski definition) is 1. The van der Waals surface area contributed by atoms with Gasteiger partial charge in [-0.3, -0.25) is 9.59 Å². The normalized spacial score (nSPS) is 17.3. The van der Waals surface area contributed by atoms with Crippen molar-refractivity contribution in [2.24, 2.45) is 0 Å². The zero-order valence-electron chi connectivity index (χ0n) is 13.3. The van der Waals surface area contributed by atoms with E-state index in [2.05, 4.69) is 9.97 Å². The fraction of sp³-hybridized carbons (Fsp3) is 0.353. The summed E-state index contributed by atoms with van der Waals surface area (Å²) in [6, 6.07) is 8.66. The molecule has 6 heteroatoms. The molecule has 2 aromatic rings. The number of likely N-dealkylation sites (tertiary alicyclic amines) is 1. The number of aromatic nitrogens is 2. The Hall–Kier alpha value is -2.63. The first-order valence-electron chi connectivity index (χ1n) is 7.70. The predicted octanol–water partition coefficient (Wildman–Crippen LogP) is 1.81. The van der Waals surface area contributed by atoms with Crippen LogP contribution >= 0.6 is 0 Å². The minimum Gasteiger partial charge on any atom is -0.363 e. The molecule has 0 saturated carbocycles. The van der Waals surface area contributed by atoms with Crippen LogP contribution in [0.5, 0.6) is 0 Å². The SMILES string of the molecule is CN(C)c1cc([C@@H]2CCCN2C(=O)c2cccc(=O)[nH]2)ccn1. The van der Waals surface area contributed by atoms with Crippen molar-refractivity contribution in [2.45, 2.75) is 18.9 Å². The molecular weight excluding hydrogens is 292 g/mol. The lowest BCUT2D eigenvalue weighted by Crippen LogP contribution is -2.32. The number of anilines is 1. The van der Waals surface area contributed by atoms with Gasteiger partial charge in [0.25, 0.3) is 5.91 Å². The summed E-state index contributed by atoms with van der Waals surface area (Å²) in [7, 11) is 3.89. The fourth-order valence-corrected chi connectivity index (χ4v) is 2.97. The maximum absolute atomic E-state index is 12.7. The minimum absolute atomic E-state index is 0.0212. The van der Waals surface area contributed by atoms with Crippen LogP contribution in [-0.2, 0) is 0 Å². The summed E-state index contributed by atoms with van der Waals surface area (Å²) in [6.07, 6.45) is 3.64. The second-order valence-corrected chi connectivity index (χ2v) is 5.93. The van der Waals surface area contributed by atoms with Crippen molar-refractivity contribution in [1.82, 2.24) is 14.9 Å². The van der Waals surface area contributed by atoms with E-state index in [9.17, 15) is 9.59 Å². The molecule has 0 spiro atoms. The summed E-state index contributed by atoms with van der Waals surface area (Å²) in [4.78, 5) is 34.9. The molecule has 0 aliphatic carbocycles. The Kier molecular flexibility index (Phi) is 4.14.